The third kappa shape index (κ3) is 2.46. The Kier molecular flexibility index (Phi) is 3.55. The molecule has 1 rings (SSSR count). The quantitative estimate of drug-likeness (QED) is 0.755. The molecule has 0 radical (unpaired) electrons. The molecule has 1 unspecified atom stereocenters. The van der Waals surface area contributed by atoms with E-state index in [1.54, 1.807) is 11.2 Å². The van der Waals surface area contributed by atoms with Crippen LogP contribution in [0.1, 0.15) is 33.1 Å². The van der Waals surface area contributed by atoms with Crippen LogP contribution >= 0.6 is 0 Å². The number of sulfonamides is 1. The summed E-state index contributed by atoms with van der Waals surface area (Å²) in [4.78, 5) is 0. The molecular formula is C9H20N2O2S. The van der Waals surface area contributed by atoms with Crippen molar-refractivity contribution in [3.05, 3.63) is 0 Å². The van der Waals surface area contributed by atoms with Crippen LogP contribution in [-0.2, 0) is 10.0 Å². The van der Waals surface area contributed by atoms with Gasteiger partial charge in [-0.15, -0.1) is 0 Å². The molecule has 14 heavy (non-hydrogen) atoms. The fourth-order valence-corrected chi connectivity index (χ4v) is 3.05. The molecule has 84 valence electrons. The molecule has 4 nitrogen and oxygen atoms in total. The predicted octanol–water partition coefficient (Wildman–Crippen LogP) is 0.539. The van der Waals surface area contributed by atoms with Gasteiger partial charge < -0.3 is 5.73 Å². The summed E-state index contributed by atoms with van der Waals surface area (Å²) < 4.78 is 24.8. The number of hydrogen-bond donors (Lipinski definition) is 1. The molecule has 1 atom stereocenters. The minimum absolute atomic E-state index is 0.173. The minimum atomic E-state index is -3.05. The highest BCUT2D eigenvalue weighted by molar-refractivity contribution is 7.89. The van der Waals surface area contributed by atoms with Crippen molar-refractivity contribution in [2.75, 3.05) is 18.8 Å². The van der Waals surface area contributed by atoms with Crippen LogP contribution in [0.3, 0.4) is 0 Å². The summed E-state index contributed by atoms with van der Waals surface area (Å²) in [6, 6.07) is 0. The highest BCUT2D eigenvalue weighted by atomic mass is 32.2. The van der Waals surface area contributed by atoms with Gasteiger partial charge in [-0.05, 0) is 26.2 Å². The van der Waals surface area contributed by atoms with E-state index >= 15 is 0 Å². The number of rotatable bonds is 3. The van der Waals surface area contributed by atoms with Gasteiger partial charge in [0, 0.05) is 18.6 Å². The van der Waals surface area contributed by atoms with Crippen LogP contribution < -0.4 is 5.73 Å². The summed E-state index contributed by atoms with van der Waals surface area (Å²) in [6.45, 7) is 4.81. The van der Waals surface area contributed by atoms with Gasteiger partial charge in [-0.2, -0.15) is 0 Å². The standard InChI is InChI=1S/C9H20N2O2S/c1-3-9(10)6-5-7-11(8-9)14(12,13)4-2/h3-8,10H2,1-2H3. The molecule has 1 saturated heterocycles. The van der Waals surface area contributed by atoms with Gasteiger partial charge in [-0.1, -0.05) is 6.92 Å². The molecule has 1 aliphatic heterocycles. The van der Waals surface area contributed by atoms with Crippen molar-refractivity contribution in [1.82, 2.24) is 4.31 Å². The Morgan fingerprint density at radius 1 is 1.43 bits per heavy atom. The SMILES string of the molecule is CCC1(N)CCCN(S(=O)(=O)CC)C1. The van der Waals surface area contributed by atoms with Gasteiger partial charge in [-0.3, -0.25) is 0 Å². The number of hydrogen-bond acceptors (Lipinski definition) is 3. The Balaban J connectivity index is 2.75. The molecule has 1 heterocycles. The Morgan fingerprint density at radius 3 is 2.57 bits per heavy atom. The Hall–Kier alpha value is -0.130. The summed E-state index contributed by atoms with van der Waals surface area (Å²) in [5, 5.41) is 0. The third-order valence-corrected chi connectivity index (χ3v) is 4.86. The zero-order valence-corrected chi connectivity index (χ0v) is 9.81. The van der Waals surface area contributed by atoms with Crippen LogP contribution in [0.4, 0.5) is 0 Å². The first-order valence-electron chi connectivity index (χ1n) is 5.20. The first-order valence-corrected chi connectivity index (χ1v) is 6.81. The van der Waals surface area contributed by atoms with E-state index in [-0.39, 0.29) is 11.3 Å². The molecule has 0 aromatic heterocycles. The van der Waals surface area contributed by atoms with Gasteiger partial charge >= 0.3 is 0 Å². The van der Waals surface area contributed by atoms with E-state index in [1.807, 2.05) is 6.92 Å². The van der Waals surface area contributed by atoms with E-state index in [0.29, 0.717) is 13.1 Å². The Labute approximate surface area is 86.5 Å². The summed E-state index contributed by atoms with van der Waals surface area (Å²) in [6.07, 6.45) is 2.64. The molecule has 0 aromatic rings. The summed E-state index contributed by atoms with van der Waals surface area (Å²) in [7, 11) is -3.05. The maximum absolute atomic E-state index is 11.6. The van der Waals surface area contributed by atoms with Crippen LogP contribution in [0, 0.1) is 0 Å². The fraction of sp³-hybridized carbons (Fsp3) is 1.00. The van der Waals surface area contributed by atoms with Gasteiger partial charge in [0.1, 0.15) is 0 Å². The van der Waals surface area contributed by atoms with Crippen molar-refractivity contribution < 1.29 is 8.42 Å². The topological polar surface area (TPSA) is 63.4 Å². The first-order chi connectivity index (χ1) is 6.43. The Morgan fingerprint density at radius 2 is 2.07 bits per heavy atom. The van der Waals surface area contributed by atoms with Gasteiger partial charge in [-0.25, -0.2) is 12.7 Å². The average Bonchev–Trinajstić information content (AvgIpc) is 2.18. The van der Waals surface area contributed by atoms with E-state index in [0.717, 1.165) is 19.3 Å². The molecule has 0 spiro atoms. The molecule has 1 aliphatic rings. The Bertz CT molecular complexity index is 289. The second kappa shape index (κ2) is 4.16. The zero-order chi connectivity index (χ0) is 10.8. The molecule has 0 aliphatic carbocycles. The molecule has 1 fully saturated rings. The highest BCUT2D eigenvalue weighted by Gasteiger charge is 2.34. The maximum atomic E-state index is 11.6. The lowest BCUT2D eigenvalue weighted by Gasteiger charge is -2.38. The van der Waals surface area contributed by atoms with Crippen LogP contribution in [0.5, 0.6) is 0 Å². The summed E-state index contributed by atoms with van der Waals surface area (Å²) in [5.41, 5.74) is 5.79. The van der Waals surface area contributed by atoms with Crippen LogP contribution in [0.25, 0.3) is 0 Å². The van der Waals surface area contributed by atoms with Gasteiger partial charge in [0.25, 0.3) is 0 Å². The fourth-order valence-electron chi connectivity index (χ4n) is 1.83. The predicted molar refractivity (Wildman–Crippen MR) is 57.5 cm³/mol. The van der Waals surface area contributed by atoms with E-state index in [2.05, 4.69) is 0 Å². The second-order valence-electron chi connectivity index (χ2n) is 4.05. The van der Waals surface area contributed by atoms with Crippen LogP contribution in [0.2, 0.25) is 0 Å². The zero-order valence-electron chi connectivity index (χ0n) is 8.99. The van der Waals surface area contributed by atoms with Crippen molar-refractivity contribution in [2.24, 2.45) is 5.73 Å². The number of nitrogens with zero attached hydrogens (tertiary/aromatic N) is 1. The van der Waals surface area contributed by atoms with Gasteiger partial charge in [0.2, 0.25) is 10.0 Å². The van der Waals surface area contributed by atoms with E-state index in [4.69, 9.17) is 5.73 Å². The highest BCUT2D eigenvalue weighted by Crippen LogP contribution is 2.23. The lowest BCUT2D eigenvalue weighted by atomic mass is 9.89. The number of piperidine rings is 1. The van der Waals surface area contributed by atoms with Crippen molar-refractivity contribution in [2.45, 2.75) is 38.6 Å². The molecule has 0 amide bonds. The molecule has 5 heteroatoms. The third-order valence-electron chi connectivity index (χ3n) is 3.04. The largest absolute Gasteiger partial charge is 0.324 e. The van der Waals surface area contributed by atoms with Crippen LogP contribution in [0.15, 0.2) is 0 Å². The maximum Gasteiger partial charge on any atom is 0.213 e. The minimum Gasteiger partial charge on any atom is -0.324 e. The van der Waals surface area contributed by atoms with E-state index in [9.17, 15) is 8.42 Å². The van der Waals surface area contributed by atoms with Crippen molar-refractivity contribution in [3.8, 4) is 0 Å². The number of nitrogens with two attached hydrogens (primary N) is 1. The van der Waals surface area contributed by atoms with E-state index in [1.165, 1.54) is 0 Å². The molecular weight excluding hydrogens is 200 g/mol. The average molecular weight is 220 g/mol. The molecule has 0 saturated carbocycles. The molecule has 2 N–H and O–H groups in total. The summed E-state index contributed by atoms with van der Waals surface area (Å²) >= 11 is 0. The molecule has 0 bridgehead atoms. The summed E-state index contributed by atoms with van der Waals surface area (Å²) in [5.74, 6) is 0.173. The van der Waals surface area contributed by atoms with E-state index < -0.39 is 10.0 Å². The van der Waals surface area contributed by atoms with Crippen molar-refractivity contribution in [3.63, 3.8) is 0 Å². The smallest absolute Gasteiger partial charge is 0.213 e. The lowest BCUT2D eigenvalue weighted by Crippen LogP contribution is -2.55. The monoisotopic (exact) mass is 220 g/mol. The molecule has 0 aromatic carbocycles. The van der Waals surface area contributed by atoms with Crippen molar-refractivity contribution in [1.29, 1.82) is 0 Å². The van der Waals surface area contributed by atoms with Gasteiger partial charge in [0.15, 0.2) is 0 Å². The first kappa shape index (κ1) is 11.9. The van der Waals surface area contributed by atoms with Crippen LogP contribution in [-0.4, -0.2) is 37.1 Å². The van der Waals surface area contributed by atoms with Gasteiger partial charge in [0.05, 0.1) is 5.75 Å². The normalized spacial score (nSPS) is 30.5. The van der Waals surface area contributed by atoms with Crippen molar-refractivity contribution >= 4 is 10.0 Å². The lowest BCUT2D eigenvalue weighted by molar-refractivity contribution is 0.222. The second-order valence-corrected chi connectivity index (χ2v) is 6.31.